The first-order valence-corrected chi connectivity index (χ1v) is 8.63. The lowest BCUT2D eigenvalue weighted by Gasteiger charge is -2.18. The van der Waals surface area contributed by atoms with Gasteiger partial charge in [0.2, 0.25) is 5.91 Å². The number of amides is 1. The van der Waals surface area contributed by atoms with Crippen molar-refractivity contribution in [2.75, 3.05) is 16.8 Å². The molecule has 0 fully saturated rings. The van der Waals surface area contributed by atoms with Gasteiger partial charge in [0, 0.05) is 11.4 Å². The molecule has 0 bridgehead atoms. The van der Waals surface area contributed by atoms with Crippen molar-refractivity contribution in [3.8, 4) is 0 Å². The van der Waals surface area contributed by atoms with Crippen molar-refractivity contribution in [2.24, 2.45) is 0 Å². The summed E-state index contributed by atoms with van der Waals surface area (Å²) in [5.41, 5.74) is 6.57. The molecule has 0 aliphatic rings. The Labute approximate surface area is 130 Å². The van der Waals surface area contributed by atoms with Crippen LogP contribution >= 0.6 is 11.6 Å². The first-order chi connectivity index (χ1) is 9.53. The molecule has 1 aromatic rings. The second-order valence-electron chi connectivity index (χ2n) is 5.81. The van der Waals surface area contributed by atoms with Gasteiger partial charge in [0.15, 0.2) is 9.84 Å². The number of nitrogen functional groups attached to an aromatic ring is 1. The zero-order valence-electron chi connectivity index (χ0n) is 12.4. The highest BCUT2D eigenvalue weighted by Crippen LogP contribution is 2.23. The minimum Gasteiger partial charge on any atom is -0.397 e. The Morgan fingerprint density at radius 3 is 2.52 bits per heavy atom. The summed E-state index contributed by atoms with van der Waals surface area (Å²) >= 11 is 5.83. The van der Waals surface area contributed by atoms with Crippen molar-refractivity contribution < 1.29 is 13.2 Å². The number of sulfone groups is 1. The van der Waals surface area contributed by atoms with E-state index in [1.54, 1.807) is 39.0 Å². The van der Waals surface area contributed by atoms with Crippen LogP contribution in [-0.4, -0.2) is 24.8 Å². The fourth-order valence-electron chi connectivity index (χ4n) is 1.58. The maximum Gasteiger partial charge on any atom is 0.224 e. The molecule has 1 amide bonds. The number of anilines is 2. The van der Waals surface area contributed by atoms with Crippen molar-refractivity contribution in [2.45, 2.75) is 38.4 Å². The van der Waals surface area contributed by atoms with E-state index in [4.69, 9.17) is 17.3 Å². The van der Waals surface area contributed by atoms with Crippen molar-refractivity contribution in [3.05, 3.63) is 23.2 Å². The summed E-state index contributed by atoms with van der Waals surface area (Å²) in [4.78, 5) is 11.8. The number of carbonyl (C=O) groups excluding carboxylic acids is 1. The zero-order valence-corrected chi connectivity index (χ0v) is 14.0. The van der Waals surface area contributed by atoms with Gasteiger partial charge in [-0.1, -0.05) is 11.6 Å². The zero-order chi connectivity index (χ0) is 16.3. The Morgan fingerprint density at radius 1 is 1.33 bits per heavy atom. The highest BCUT2D eigenvalue weighted by molar-refractivity contribution is 7.92. The minimum absolute atomic E-state index is 0.0189. The van der Waals surface area contributed by atoms with Gasteiger partial charge in [-0.2, -0.15) is 0 Å². The quantitative estimate of drug-likeness (QED) is 0.811. The van der Waals surface area contributed by atoms with Crippen LogP contribution in [0.3, 0.4) is 0 Å². The van der Waals surface area contributed by atoms with Gasteiger partial charge in [-0.05, 0) is 45.4 Å². The third-order valence-electron chi connectivity index (χ3n) is 3.04. The fourth-order valence-corrected chi connectivity index (χ4v) is 2.89. The second kappa shape index (κ2) is 6.66. The normalized spacial score (nSPS) is 12.2. The standard InChI is InChI=1S/C14H21ClN2O3S/c1-14(2,3)21(19,20)8-4-5-13(18)17-12-9-10(15)6-7-11(12)16/h6-7,9H,4-5,8,16H2,1-3H3,(H,17,18). The van der Waals surface area contributed by atoms with E-state index in [9.17, 15) is 13.2 Å². The van der Waals surface area contributed by atoms with Crippen LogP contribution in [-0.2, 0) is 14.6 Å². The monoisotopic (exact) mass is 332 g/mol. The molecular formula is C14H21ClN2O3S. The molecule has 5 nitrogen and oxygen atoms in total. The number of hydrogen-bond donors (Lipinski definition) is 2. The lowest BCUT2D eigenvalue weighted by atomic mass is 10.2. The average Bonchev–Trinajstić information content (AvgIpc) is 2.32. The molecule has 7 heteroatoms. The Balaban J connectivity index is 2.54. The van der Waals surface area contributed by atoms with Gasteiger partial charge in [0.25, 0.3) is 0 Å². The van der Waals surface area contributed by atoms with Crippen LogP contribution < -0.4 is 11.1 Å². The van der Waals surface area contributed by atoms with Crippen LogP contribution in [0.15, 0.2) is 18.2 Å². The van der Waals surface area contributed by atoms with E-state index in [-0.39, 0.29) is 24.5 Å². The van der Waals surface area contributed by atoms with Crippen LogP contribution in [0.5, 0.6) is 0 Å². The van der Waals surface area contributed by atoms with Crippen molar-refractivity contribution in [1.82, 2.24) is 0 Å². The smallest absolute Gasteiger partial charge is 0.224 e. The molecule has 1 aromatic carbocycles. The number of rotatable bonds is 5. The molecule has 0 heterocycles. The van der Waals surface area contributed by atoms with E-state index in [0.717, 1.165) is 0 Å². The summed E-state index contributed by atoms with van der Waals surface area (Å²) < 4.78 is 23.0. The molecule has 0 aliphatic carbocycles. The highest BCUT2D eigenvalue weighted by atomic mass is 35.5. The molecule has 21 heavy (non-hydrogen) atoms. The van der Waals surface area contributed by atoms with Gasteiger partial charge in [-0.15, -0.1) is 0 Å². The number of hydrogen-bond acceptors (Lipinski definition) is 4. The summed E-state index contributed by atoms with van der Waals surface area (Å²) in [7, 11) is -3.21. The van der Waals surface area contributed by atoms with Crippen LogP contribution in [0, 0.1) is 0 Å². The predicted octanol–water partition coefficient (Wildman–Crippen LogP) is 2.85. The maximum absolute atomic E-state index is 11.9. The van der Waals surface area contributed by atoms with E-state index in [1.807, 2.05) is 0 Å². The van der Waals surface area contributed by atoms with E-state index in [0.29, 0.717) is 16.4 Å². The maximum atomic E-state index is 11.9. The number of benzene rings is 1. The molecule has 0 atom stereocenters. The topological polar surface area (TPSA) is 89.3 Å². The summed E-state index contributed by atoms with van der Waals surface area (Å²) in [5.74, 6) is -0.303. The Bertz CT molecular complexity index is 622. The van der Waals surface area contributed by atoms with E-state index in [1.165, 1.54) is 0 Å². The van der Waals surface area contributed by atoms with Gasteiger partial charge in [0.05, 0.1) is 21.9 Å². The largest absolute Gasteiger partial charge is 0.397 e. The molecule has 1 rings (SSSR count). The SMILES string of the molecule is CC(C)(C)S(=O)(=O)CCCC(=O)Nc1cc(Cl)ccc1N. The Kier molecular flexibility index (Phi) is 5.64. The predicted molar refractivity (Wildman–Crippen MR) is 87.3 cm³/mol. The Hall–Kier alpha value is -1.27. The molecule has 0 spiro atoms. The van der Waals surface area contributed by atoms with Gasteiger partial charge in [0.1, 0.15) is 0 Å². The third-order valence-corrected chi connectivity index (χ3v) is 5.97. The van der Waals surface area contributed by atoms with Crippen molar-refractivity contribution in [3.63, 3.8) is 0 Å². The molecule has 0 radical (unpaired) electrons. The van der Waals surface area contributed by atoms with Crippen LogP contribution in [0.1, 0.15) is 33.6 Å². The lowest BCUT2D eigenvalue weighted by Crippen LogP contribution is -2.30. The number of halogens is 1. The first kappa shape index (κ1) is 17.8. The summed E-state index contributed by atoms with van der Waals surface area (Å²) in [6.45, 7) is 4.94. The van der Waals surface area contributed by atoms with E-state index in [2.05, 4.69) is 5.32 Å². The van der Waals surface area contributed by atoms with Crippen LogP contribution in [0.25, 0.3) is 0 Å². The van der Waals surface area contributed by atoms with Crippen LogP contribution in [0.2, 0.25) is 5.02 Å². The lowest BCUT2D eigenvalue weighted by molar-refractivity contribution is -0.116. The van der Waals surface area contributed by atoms with Crippen molar-refractivity contribution >= 4 is 38.7 Å². The first-order valence-electron chi connectivity index (χ1n) is 6.60. The molecular weight excluding hydrogens is 312 g/mol. The number of nitrogens with one attached hydrogen (secondary N) is 1. The summed E-state index contributed by atoms with van der Waals surface area (Å²) in [6, 6.07) is 4.78. The van der Waals surface area contributed by atoms with Crippen LogP contribution in [0.4, 0.5) is 11.4 Å². The van der Waals surface area contributed by atoms with Gasteiger partial charge < -0.3 is 11.1 Å². The molecule has 3 N–H and O–H groups in total. The third kappa shape index (κ3) is 5.21. The minimum atomic E-state index is -3.21. The highest BCUT2D eigenvalue weighted by Gasteiger charge is 2.28. The van der Waals surface area contributed by atoms with Crippen molar-refractivity contribution in [1.29, 1.82) is 0 Å². The van der Waals surface area contributed by atoms with E-state index < -0.39 is 14.6 Å². The molecule has 0 saturated carbocycles. The van der Waals surface area contributed by atoms with Gasteiger partial charge in [-0.3, -0.25) is 4.79 Å². The van der Waals surface area contributed by atoms with E-state index >= 15 is 0 Å². The molecule has 0 aromatic heterocycles. The summed E-state index contributed by atoms with van der Waals surface area (Å²) in [6.07, 6.45) is 0.382. The Morgan fingerprint density at radius 2 is 1.95 bits per heavy atom. The molecule has 0 unspecified atom stereocenters. The summed E-state index contributed by atoms with van der Waals surface area (Å²) in [5, 5.41) is 3.10. The average molecular weight is 333 g/mol. The number of nitrogens with two attached hydrogens (primary N) is 1. The van der Waals surface area contributed by atoms with Gasteiger partial charge >= 0.3 is 0 Å². The second-order valence-corrected chi connectivity index (χ2v) is 9.11. The molecule has 118 valence electrons. The molecule has 0 saturated heterocycles. The molecule has 0 aliphatic heterocycles. The fraction of sp³-hybridized carbons (Fsp3) is 0.500. The van der Waals surface area contributed by atoms with Gasteiger partial charge in [-0.25, -0.2) is 8.42 Å². The number of carbonyl (C=O) groups is 1.